The molecule has 0 atom stereocenters. The quantitative estimate of drug-likeness (QED) is 0.741. The lowest BCUT2D eigenvalue weighted by molar-refractivity contribution is 0.331. The Kier molecular flexibility index (Phi) is 4.37. The zero-order valence-electron chi connectivity index (χ0n) is 10.2. The molecule has 1 fully saturated rings. The fraction of sp³-hybridized carbons (Fsp3) is 0.571. The molecule has 1 aromatic rings. The van der Waals surface area contributed by atoms with Crippen LogP contribution in [-0.2, 0) is 13.0 Å². The highest BCUT2D eigenvalue weighted by molar-refractivity contribution is 5.23. The van der Waals surface area contributed by atoms with Crippen LogP contribution in [-0.4, -0.2) is 31.6 Å². The van der Waals surface area contributed by atoms with Crippen LogP contribution >= 0.6 is 0 Å². The number of likely N-dealkylation sites (tertiary alicyclic amines) is 1. The maximum atomic E-state index is 4.13. The first-order valence-electron chi connectivity index (χ1n) is 6.24. The van der Waals surface area contributed by atoms with Crippen LogP contribution in [0.3, 0.4) is 0 Å². The molecule has 1 aromatic carbocycles. The lowest BCUT2D eigenvalue weighted by Crippen LogP contribution is -2.18. The molecule has 2 nitrogen and oxygen atoms in total. The Morgan fingerprint density at radius 2 is 1.69 bits per heavy atom. The van der Waals surface area contributed by atoms with Crippen LogP contribution in [0, 0.1) is 0 Å². The maximum absolute atomic E-state index is 4.13. The van der Waals surface area contributed by atoms with Gasteiger partial charge in [0.05, 0.1) is 0 Å². The molecule has 2 rings (SSSR count). The normalized spacial score (nSPS) is 16.8. The number of hydrogen-bond donors (Lipinski definition) is 0. The van der Waals surface area contributed by atoms with Gasteiger partial charge in [-0.2, -0.15) is 7.05 Å². The fourth-order valence-corrected chi connectivity index (χ4v) is 2.25. The number of rotatable bonds is 5. The van der Waals surface area contributed by atoms with Crippen molar-refractivity contribution in [2.45, 2.75) is 25.8 Å². The van der Waals surface area contributed by atoms with Crippen LogP contribution < -0.4 is 0 Å². The van der Waals surface area contributed by atoms with Crippen LogP contribution in [0.25, 0.3) is 5.32 Å². The Balaban J connectivity index is 1.86. The minimum Gasteiger partial charge on any atom is -0.665 e. The van der Waals surface area contributed by atoms with Gasteiger partial charge in [0.2, 0.25) is 0 Å². The van der Waals surface area contributed by atoms with Gasteiger partial charge in [0.25, 0.3) is 0 Å². The third kappa shape index (κ3) is 3.32. The van der Waals surface area contributed by atoms with Gasteiger partial charge >= 0.3 is 0 Å². The van der Waals surface area contributed by atoms with Crippen molar-refractivity contribution in [3.05, 3.63) is 40.7 Å². The summed E-state index contributed by atoms with van der Waals surface area (Å²) in [5.74, 6) is 0. The van der Waals surface area contributed by atoms with Gasteiger partial charge in [0.1, 0.15) is 0 Å². The van der Waals surface area contributed by atoms with E-state index in [1.807, 2.05) is 7.05 Å². The molecule has 2 heteroatoms. The molecule has 0 amide bonds. The van der Waals surface area contributed by atoms with E-state index >= 15 is 0 Å². The maximum Gasteiger partial charge on any atom is 0.0233 e. The zero-order valence-corrected chi connectivity index (χ0v) is 10.2. The summed E-state index contributed by atoms with van der Waals surface area (Å²) in [7, 11) is 1.88. The smallest absolute Gasteiger partial charge is 0.0233 e. The molecule has 0 aromatic heterocycles. The summed E-state index contributed by atoms with van der Waals surface area (Å²) < 4.78 is 0. The van der Waals surface area contributed by atoms with Gasteiger partial charge in [-0.25, -0.2) is 0 Å². The molecule has 0 radical (unpaired) electrons. The summed E-state index contributed by atoms with van der Waals surface area (Å²) in [6.45, 7) is 4.61. The Hall–Kier alpha value is -0.860. The van der Waals surface area contributed by atoms with Crippen molar-refractivity contribution in [1.82, 2.24) is 4.90 Å². The van der Waals surface area contributed by atoms with E-state index in [1.54, 1.807) is 0 Å². The molecule has 16 heavy (non-hydrogen) atoms. The molecule has 0 unspecified atom stereocenters. The molecule has 88 valence electrons. The van der Waals surface area contributed by atoms with Gasteiger partial charge < -0.3 is 5.32 Å². The monoisotopic (exact) mass is 217 g/mol. The summed E-state index contributed by atoms with van der Waals surface area (Å²) >= 11 is 0. The molecule has 1 heterocycles. The van der Waals surface area contributed by atoms with E-state index in [-0.39, 0.29) is 0 Å². The third-order valence-corrected chi connectivity index (χ3v) is 3.25. The summed E-state index contributed by atoms with van der Waals surface area (Å²) in [4.78, 5) is 2.54. The highest BCUT2D eigenvalue weighted by Gasteiger charge is 2.11. The van der Waals surface area contributed by atoms with E-state index in [2.05, 4.69) is 34.5 Å². The third-order valence-electron chi connectivity index (χ3n) is 3.25. The van der Waals surface area contributed by atoms with E-state index < -0.39 is 0 Å². The minimum absolute atomic E-state index is 0.936. The molecule has 1 aliphatic rings. The van der Waals surface area contributed by atoms with Crippen LogP contribution in [0.1, 0.15) is 24.0 Å². The van der Waals surface area contributed by atoms with Crippen molar-refractivity contribution in [1.29, 1.82) is 0 Å². The van der Waals surface area contributed by atoms with Gasteiger partial charge in [-0.15, -0.1) is 6.54 Å². The predicted octanol–water partition coefficient (Wildman–Crippen LogP) is 2.83. The summed E-state index contributed by atoms with van der Waals surface area (Å²) in [5.41, 5.74) is 2.84. The molecular weight excluding hydrogens is 196 g/mol. The Labute approximate surface area is 98.7 Å². The SMILES string of the molecule is C[N-]CCc1ccc(CN2CCCC2)cc1. The van der Waals surface area contributed by atoms with Gasteiger partial charge in [-0.3, -0.25) is 4.90 Å². The van der Waals surface area contributed by atoms with Gasteiger partial charge in [-0.05, 0) is 43.5 Å². The summed E-state index contributed by atoms with van der Waals surface area (Å²) in [6, 6.07) is 9.03. The van der Waals surface area contributed by atoms with Gasteiger partial charge in [-0.1, -0.05) is 24.3 Å². The number of likely N-dealkylation sites (N-methyl/N-ethyl adjacent to an activating group) is 1. The zero-order chi connectivity index (χ0) is 11.2. The van der Waals surface area contributed by atoms with Crippen LogP contribution in [0.4, 0.5) is 0 Å². The fourth-order valence-electron chi connectivity index (χ4n) is 2.25. The number of hydrogen-bond acceptors (Lipinski definition) is 1. The van der Waals surface area contributed by atoms with Crippen molar-refractivity contribution in [2.24, 2.45) is 0 Å². The molecule has 0 aliphatic carbocycles. The lowest BCUT2D eigenvalue weighted by Gasteiger charge is -2.15. The molecule has 0 N–H and O–H groups in total. The second-order valence-electron chi connectivity index (χ2n) is 4.59. The average molecular weight is 217 g/mol. The molecule has 0 saturated carbocycles. The Morgan fingerprint density at radius 3 is 2.31 bits per heavy atom. The van der Waals surface area contributed by atoms with E-state index in [9.17, 15) is 0 Å². The summed E-state index contributed by atoms with van der Waals surface area (Å²) in [5, 5.41) is 4.13. The first kappa shape index (κ1) is 11.6. The standard InChI is InChI=1S/C14H21N2/c1-15-9-8-13-4-6-14(7-5-13)12-16-10-2-3-11-16/h4-7H,2-3,8-12H2,1H3/q-1. The first-order valence-corrected chi connectivity index (χ1v) is 6.24. The van der Waals surface area contributed by atoms with E-state index in [0.29, 0.717) is 0 Å². The Morgan fingerprint density at radius 1 is 1.06 bits per heavy atom. The van der Waals surface area contributed by atoms with Gasteiger partial charge in [0.15, 0.2) is 0 Å². The van der Waals surface area contributed by atoms with Gasteiger partial charge in [0, 0.05) is 6.54 Å². The van der Waals surface area contributed by atoms with Crippen molar-refractivity contribution >= 4 is 0 Å². The van der Waals surface area contributed by atoms with Crippen molar-refractivity contribution in [2.75, 3.05) is 26.7 Å². The van der Waals surface area contributed by atoms with Crippen LogP contribution in [0.2, 0.25) is 0 Å². The molecule has 0 bridgehead atoms. The lowest BCUT2D eigenvalue weighted by atomic mass is 10.1. The Bertz CT molecular complexity index is 299. The number of benzene rings is 1. The van der Waals surface area contributed by atoms with Crippen molar-refractivity contribution in [3.8, 4) is 0 Å². The molecule has 0 spiro atoms. The minimum atomic E-state index is 0.936. The predicted molar refractivity (Wildman–Crippen MR) is 68.8 cm³/mol. The van der Waals surface area contributed by atoms with E-state index in [4.69, 9.17) is 0 Å². The number of nitrogens with zero attached hydrogens (tertiary/aromatic N) is 2. The van der Waals surface area contributed by atoms with Crippen molar-refractivity contribution in [3.63, 3.8) is 0 Å². The molecule has 1 saturated heterocycles. The molecular formula is C14H21N2-. The average Bonchev–Trinajstić information content (AvgIpc) is 2.81. The van der Waals surface area contributed by atoms with E-state index in [0.717, 1.165) is 19.5 Å². The van der Waals surface area contributed by atoms with Crippen LogP contribution in [0.5, 0.6) is 0 Å². The van der Waals surface area contributed by atoms with Crippen LogP contribution in [0.15, 0.2) is 24.3 Å². The molecule has 1 aliphatic heterocycles. The summed E-state index contributed by atoms with van der Waals surface area (Å²) in [6.07, 6.45) is 3.81. The highest BCUT2D eigenvalue weighted by atomic mass is 15.1. The first-order chi connectivity index (χ1) is 7.88. The second kappa shape index (κ2) is 6.02. The topological polar surface area (TPSA) is 17.3 Å². The largest absolute Gasteiger partial charge is 0.665 e. The second-order valence-corrected chi connectivity index (χ2v) is 4.59. The van der Waals surface area contributed by atoms with Crippen molar-refractivity contribution < 1.29 is 0 Å². The highest BCUT2D eigenvalue weighted by Crippen LogP contribution is 2.13. The van der Waals surface area contributed by atoms with E-state index in [1.165, 1.54) is 37.1 Å².